The SMILES string of the molecule is C#CC(C)(C)NC(=O)c1ccc2c(c1)CCCN2. The number of aryl methyl sites for hydroxylation is 1. The minimum Gasteiger partial charge on any atom is -0.385 e. The summed E-state index contributed by atoms with van der Waals surface area (Å²) in [6.07, 6.45) is 7.49. The van der Waals surface area contributed by atoms with Gasteiger partial charge < -0.3 is 10.6 Å². The molecule has 2 rings (SSSR count). The zero-order valence-corrected chi connectivity index (χ0v) is 10.8. The van der Waals surface area contributed by atoms with Gasteiger partial charge in [-0.1, -0.05) is 5.92 Å². The van der Waals surface area contributed by atoms with Gasteiger partial charge >= 0.3 is 0 Å². The van der Waals surface area contributed by atoms with Crippen molar-refractivity contribution in [3.63, 3.8) is 0 Å². The number of amides is 1. The van der Waals surface area contributed by atoms with Crippen LogP contribution in [0.15, 0.2) is 18.2 Å². The van der Waals surface area contributed by atoms with E-state index in [1.807, 2.05) is 32.0 Å². The van der Waals surface area contributed by atoms with Crippen molar-refractivity contribution in [3.05, 3.63) is 29.3 Å². The number of carbonyl (C=O) groups is 1. The number of hydrogen-bond donors (Lipinski definition) is 2. The lowest BCUT2D eigenvalue weighted by atomic mass is 9.99. The largest absolute Gasteiger partial charge is 0.385 e. The van der Waals surface area contributed by atoms with Crippen LogP contribution in [-0.4, -0.2) is 18.0 Å². The number of anilines is 1. The summed E-state index contributed by atoms with van der Waals surface area (Å²) in [4.78, 5) is 12.1. The predicted molar refractivity (Wildman–Crippen MR) is 73.6 cm³/mol. The van der Waals surface area contributed by atoms with E-state index >= 15 is 0 Å². The molecule has 1 aromatic rings. The highest BCUT2D eigenvalue weighted by molar-refractivity contribution is 5.95. The van der Waals surface area contributed by atoms with E-state index in [4.69, 9.17) is 6.42 Å². The number of terminal acetylenes is 1. The molecule has 0 saturated carbocycles. The summed E-state index contributed by atoms with van der Waals surface area (Å²) in [6.45, 7) is 4.62. The van der Waals surface area contributed by atoms with Crippen molar-refractivity contribution in [1.29, 1.82) is 0 Å². The van der Waals surface area contributed by atoms with Crippen LogP contribution in [0, 0.1) is 12.3 Å². The average Bonchev–Trinajstić information content (AvgIpc) is 2.37. The molecule has 3 heteroatoms. The Hall–Kier alpha value is -1.95. The number of nitrogens with one attached hydrogen (secondary N) is 2. The molecule has 1 aliphatic heterocycles. The zero-order valence-electron chi connectivity index (χ0n) is 10.8. The molecule has 0 fully saturated rings. The number of benzene rings is 1. The number of carbonyl (C=O) groups excluding carboxylic acids is 1. The molecule has 0 aliphatic carbocycles. The monoisotopic (exact) mass is 242 g/mol. The Balaban J connectivity index is 2.19. The van der Waals surface area contributed by atoms with Gasteiger partial charge in [0.15, 0.2) is 0 Å². The minimum absolute atomic E-state index is 0.119. The molecule has 18 heavy (non-hydrogen) atoms. The van der Waals surface area contributed by atoms with Crippen molar-refractivity contribution in [2.75, 3.05) is 11.9 Å². The van der Waals surface area contributed by atoms with E-state index in [-0.39, 0.29) is 5.91 Å². The second-order valence-electron chi connectivity index (χ2n) is 5.13. The van der Waals surface area contributed by atoms with Crippen molar-refractivity contribution < 1.29 is 4.79 Å². The van der Waals surface area contributed by atoms with E-state index in [0.29, 0.717) is 5.56 Å². The van der Waals surface area contributed by atoms with Gasteiger partial charge in [0.1, 0.15) is 0 Å². The zero-order chi connectivity index (χ0) is 13.2. The topological polar surface area (TPSA) is 41.1 Å². The highest BCUT2D eigenvalue weighted by atomic mass is 16.1. The lowest BCUT2D eigenvalue weighted by Crippen LogP contribution is -2.42. The quantitative estimate of drug-likeness (QED) is 0.780. The second kappa shape index (κ2) is 4.73. The first-order valence-electron chi connectivity index (χ1n) is 6.19. The molecule has 0 saturated heterocycles. The summed E-state index contributed by atoms with van der Waals surface area (Å²) in [5.41, 5.74) is 2.38. The van der Waals surface area contributed by atoms with Crippen LogP contribution in [0.2, 0.25) is 0 Å². The molecule has 1 amide bonds. The summed E-state index contributed by atoms with van der Waals surface area (Å²) < 4.78 is 0. The molecule has 94 valence electrons. The van der Waals surface area contributed by atoms with Gasteiger partial charge in [0.05, 0.1) is 5.54 Å². The van der Waals surface area contributed by atoms with Gasteiger partial charge in [-0.25, -0.2) is 0 Å². The molecule has 0 radical (unpaired) electrons. The lowest BCUT2D eigenvalue weighted by Gasteiger charge is -2.21. The van der Waals surface area contributed by atoms with Crippen molar-refractivity contribution >= 4 is 11.6 Å². The highest BCUT2D eigenvalue weighted by Gasteiger charge is 2.19. The Labute approximate surface area is 108 Å². The molecule has 1 aromatic carbocycles. The Morgan fingerprint density at radius 2 is 2.28 bits per heavy atom. The third kappa shape index (κ3) is 2.65. The number of hydrogen-bond acceptors (Lipinski definition) is 2. The number of rotatable bonds is 2. The van der Waals surface area contributed by atoms with Crippen LogP contribution in [0.3, 0.4) is 0 Å². The van der Waals surface area contributed by atoms with Gasteiger partial charge in [-0.05, 0) is 50.5 Å². The maximum absolute atomic E-state index is 12.1. The first kappa shape index (κ1) is 12.5. The van der Waals surface area contributed by atoms with E-state index in [1.165, 1.54) is 5.56 Å². The summed E-state index contributed by atoms with van der Waals surface area (Å²) in [5.74, 6) is 2.44. The van der Waals surface area contributed by atoms with E-state index in [2.05, 4.69) is 16.6 Å². The summed E-state index contributed by atoms with van der Waals surface area (Å²) in [6, 6.07) is 5.74. The van der Waals surface area contributed by atoms with Crippen LogP contribution in [0.4, 0.5) is 5.69 Å². The Kier molecular flexibility index (Phi) is 3.29. The van der Waals surface area contributed by atoms with Crippen molar-refractivity contribution in [2.24, 2.45) is 0 Å². The fourth-order valence-electron chi connectivity index (χ4n) is 2.01. The van der Waals surface area contributed by atoms with Gasteiger partial charge in [0, 0.05) is 17.8 Å². The summed E-state index contributed by atoms with van der Waals surface area (Å²) in [5, 5.41) is 6.16. The molecule has 1 heterocycles. The van der Waals surface area contributed by atoms with Crippen LogP contribution >= 0.6 is 0 Å². The van der Waals surface area contributed by atoms with Crippen molar-refractivity contribution in [2.45, 2.75) is 32.2 Å². The molecule has 0 unspecified atom stereocenters. The third-order valence-electron chi connectivity index (χ3n) is 3.09. The number of fused-ring (bicyclic) bond motifs is 1. The standard InChI is InChI=1S/C15H18N2O/c1-4-15(2,3)17-14(18)12-7-8-13-11(10-12)6-5-9-16-13/h1,7-8,10,16H,5-6,9H2,2-3H3,(H,17,18). The lowest BCUT2D eigenvalue weighted by molar-refractivity contribution is 0.0930. The maximum Gasteiger partial charge on any atom is 0.252 e. The minimum atomic E-state index is -0.620. The van der Waals surface area contributed by atoms with Crippen LogP contribution < -0.4 is 10.6 Å². The molecule has 2 N–H and O–H groups in total. The first-order chi connectivity index (χ1) is 8.52. The Morgan fingerprint density at radius 1 is 1.50 bits per heavy atom. The van der Waals surface area contributed by atoms with Gasteiger partial charge in [-0.3, -0.25) is 4.79 Å². The summed E-state index contributed by atoms with van der Waals surface area (Å²) >= 11 is 0. The second-order valence-corrected chi connectivity index (χ2v) is 5.13. The molecule has 0 spiro atoms. The van der Waals surface area contributed by atoms with Gasteiger partial charge in [-0.15, -0.1) is 6.42 Å². The van der Waals surface area contributed by atoms with Gasteiger partial charge in [0.2, 0.25) is 0 Å². The first-order valence-corrected chi connectivity index (χ1v) is 6.19. The molecule has 0 bridgehead atoms. The Morgan fingerprint density at radius 3 is 3.00 bits per heavy atom. The van der Waals surface area contributed by atoms with Crippen LogP contribution in [-0.2, 0) is 6.42 Å². The van der Waals surface area contributed by atoms with Crippen molar-refractivity contribution in [1.82, 2.24) is 5.32 Å². The smallest absolute Gasteiger partial charge is 0.252 e. The van der Waals surface area contributed by atoms with Crippen LogP contribution in [0.25, 0.3) is 0 Å². The fourth-order valence-corrected chi connectivity index (χ4v) is 2.01. The average molecular weight is 242 g/mol. The van der Waals surface area contributed by atoms with E-state index in [1.54, 1.807) is 0 Å². The normalized spacial score (nSPS) is 14.1. The highest BCUT2D eigenvalue weighted by Crippen LogP contribution is 2.23. The van der Waals surface area contributed by atoms with Crippen LogP contribution in [0.5, 0.6) is 0 Å². The van der Waals surface area contributed by atoms with E-state index in [9.17, 15) is 4.79 Å². The van der Waals surface area contributed by atoms with E-state index in [0.717, 1.165) is 25.1 Å². The summed E-state index contributed by atoms with van der Waals surface area (Å²) in [7, 11) is 0. The third-order valence-corrected chi connectivity index (χ3v) is 3.09. The fraction of sp³-hybridized carbons (Fsp3) is 0.400. The molecule has 0 aromatic heterocycles. The van der Waals surface area contributed by atoms with Crippen molar-refractivity contribution in [3.8, 4) is 12.3 Å². The van der Waals surface area contributed by atoms with E-state index < -0.39 is 5.54 Å². The predicted octanol–water partition coefficient (Wildman–Crippen LogP) is 2.19. The molecular weight excluding hydrogens is 224 g/mol. The Bertz CT molecular complexity index is 512. The van der Waals surface area contributed by atoms with Gasteiger partial charge in [-0.2, -0.15) is 0 Å². The molecule has 3 nitrogen and oxygen atoms in total. The molecular formula is C15H18N2O. The molecule has 1 aliphatic rings. The van der Waals surface area contributed by atoms with Crippen LogP contribution in [0.1, 0.15) is 36.2 Å². The molecule has 0 atom stereocenters. The maximum atomic E-state index is 12.1. The van der Waals surface area contributed by atoms with Gasteiger partial charge in [0.25, 0.3) is 5.91 Å².